The van der Waals surface area contributed by atoms with E-state index in [9.17, 15) is 8.42 Å². The van der Waals surface area contributed by atoms with Crippen molar-refractivity contribution in [1.82, 2.24) is 14.5 Å². The molecule has 0 fully saturated rings. The monoisotopic (exact) mass is 365 g/mol. The minimum absolute atomic E-state index is 0.157. The van der Waals surface area contributed by atoms with E-state index in [0.717, 1.165) is 28.1 Å². The van der Waals surface area contributed by atoms with Gasteiger partial charge in [-0.15, -0.1) is 0 Å². The van der Waals surface area contributed by atoms with Gasteiger partial charge in [-0.3, -0.25) is 4.68 Å². The predicted octanol–water partition coefficient (Wildman–Crippen LogP) is 3.18. The van der Waals surface area contributed by atoms with Gasteiger partial charge < -0.3 is 4.74 Å². The van der Waals surface area contributed by atoms with Crippen LogP contribution in [0.2, 0.25) is 0 Å². The molecule has 1 aromatic carbocycles. The van der Waals surface area contributed by atoms with E-state index in [1.807, 2.05) is 46.2 Å². The van der Waals surface area contributed by atoms with E-state index in [4.69, 9.17) is 4.74 Å². The molecule has 2 aromatic rings. The third kappa shape index (κ3) is 3.88. The van der Waals surface area contributed by atoms with Crippen LogP contribution in [-0.2, 0) is 16.6 Å². The Hall–Kier alpha value is -1.86. The Balaban J connectivity index is 2.34. The highest BCUT2D eigenvalue weighted by Gasteiger charge is 2.22. The largest absolute Gasteiger partial charge is 0.495 e. The number of aryl methyl sites for hydroxylation is 3. The van der Waals surface area contributed by atoms with Crippen LogP contribution in [0.15, 0.2) is 17.0 Å². The summed E-state index contributed by atoms with van der Waals surface area (Å²) in [5, 5.41) is 4.50. The van der Waals surface area contributed by atoms with Crippen molar-refractivity contribution in [3.8, 4) is 5.75 Å². The summed E-state index contributed by atoms with van der Waals surface area (Å²) in [6.45, 7) is 12.0. The van der Waals surface area contributed by atoms with Crippen LogP contribution in [0.4, 0.5) is 0 Å². The van der Waals surface area contributed by atoms with Crippen LogP contribution in [0.1, 0.15) is 48.0 Å². The lowest BCUT2D eigenvalue weighted by Crippen LogP contribution is -2.24. The molecule has 0 amide bonds. The molecule has 0 spiro atoms. The first-order chi connectivity index (χ1) is 11.6. The lowest BCUT2D eigenvalue weighted by molar-refractivity contribution is 0.401. The molecule has 0 bridgehead atoms. The summed E-state index contributed by atoms with van der Waals surface area (Å²) in [6, 6.07) is 3.62. The molecule has 138 valence electrons. The first kappa shape index (κ1) is 19.5. The third-order valence-corrected chi connectivity index (χ3v) is 5.89. The molecule has 1 aromatic heterocycles. The van der Waals surface area contributed by atoms with E-state index in [1.165, 1.54) is 7.11 Å². The summed E-state index contributed by atoms with van der Waals surface area (Å²) in [4.78, 5) is 0.157. The predicted molar refractivity (Wildman–Crippen MR) is 98.6 cm³/mol. The lowest BCUT2D eigenvalue weighted by atomic mass is 10.1. The second-order valence-corrected chi connectivity index (χ2v) is 8.33. The minimum atomic E-state index is -3.70. The van der Waals surface area contributed by atoms with Crippen LogP contribution in [0.3, 0.4) is 0 Å². The normalized spacial score (nSPS) is 12.0. The smallest absolute Gasteiger partial charge is 0.244 e. The van der Waals surface area contributed by atoms with E-state index in [1.54, 1.807) is 12.1 Å². The molecule has 2 rings (SSSR count). The van der Waals surface area contributed by atoms with Gasteiger partial charge in [0.25, 0.3) is 0 Å². The van der Waals surface area contributed by atoms with Crippen molar-refractivity contribution < 1.29 is 13.2 Å². The topological polar surface area (TPSA) is 73.2 Å². The van der Waals surface area contributed by atoms with Gasteiger partial charge in [-0.25, -0.2) is 13.1 Å². The molecule has 0 atom stereocenters. The second kappa shape index (κ2) is 7.17. The number of ether oxygens (including phenoxy) is 1. The number of aromatic nitrogens is 2. The number of nitrogens with zero attached hydrogens (tertiary/aromatic N) is 2. The first-order valence-electron chi connectivity index (χ1n) is 8.28. The Bertz CT molecular complexity index is 883. The van der Waals surface area contributed by atoms with Gasteiger partial charge in [-0.05, 0) is 64.8 Å². The number of nitrogens with one attached hydrogen (secondary N) is 1. The molecule has 0 aliphatic heterocycles. The van der Waals surface area contributed by atoms with Gasteiger partial charge in [0.1, 0.15) is 10.6 Å². The number of hydrogen-bond acceptors (Lipinski definition) is 4. The van der Waals surface area contributed by atoms with Crippen molar-refractivity contribution in [2.24, 2.45) is 0 Å². The fourth-order valence-electron chi connectivity index (χ4n) is 2.83. The van der Waals surface area contributed by atoms with Gasteiger partial charge in [-0.2, -0.15) is 5.10 Å². The van der Waals surface area contributed by atoms with Crippen molar-refractivity contribution in [3.63, 3.8) is 0 Å². The van der Waals surface area contributed by atoms with Crippen molar-refractivity contribution >= 4 is 10.0 Å². The fourth-order valence-corrected chi connectivity index (χ4v) is 4.06. The van der Waals surface area contributed by atoms with Crippen molar-refractivity contribution in [3.05, 3.63) is 40.2 Å². The fraction of sp³-hybridized carbons (Fsp3) is 0.500. The second-order valence-electron chi connectivity index (χ2n) is 6.60. The van der Waals surface area contributed by atoms with Gasteiger partial charge in [0, 0.05) is 23.8 Å². The Kier molecular flexibility index (Phi) is 5.58. The highest BCUT2D eigenvalue weighted by molar-refractivity contribution is 7.89. The zero-order valence-electron chi connectivity index (χ0n) is 16.0. The quantitative estimate of drug-likeness (QED) is 0.853. The van der Waals surface area contributed by atoms with Crippen molar-refractivity contribution in [1.29, 1.82) is 0 Å². The van der Waals surface area contributed by atoms with Crippen LogP contribution < -0.4 is 9.46 Å². The lowest BCUT2D eigenvalue weighted by Gasteiger charge is -2.13. The van der Waals surface area contributed by atoms with Gasteiger partial charge in [-0.1, -0.05) is 0 Å². The highest BCUT2D eigenvalue weighted by atomic mass is 32.2. The van der Waals surface area contributed by atoms with Crippen molar-refractivity contribution in [2.75, 3.05) is 7.11 Å². The molecule has 25 heavy (non-hydrogen) atoms. The average molecular weight is 365 g/mol. The molecule has 1 heterocycles. The zero-order chi connectivity index (χ0) is 18.9. The maximum atomic E-state index is 12.8. The van der Waals surface area contributed by atoms with Gasteiger partial charge >= 0.3 is 0 Å². The maximum absolute atomic E-state index is 12.8. The Morgan fingerprint density at radius 3 is 2.28 bits per heavy atom. The summed E-state index contributed by atoms with van der Waals surface area (Å²) in [5.41, 5.74) is 4.60. The van der Waals surface area contributed by atoms with Crippen LogP contribution in [0.25, 0.3) is 0 Å². The molecule has 0 radical (unpaired) electrons. The summed E-state index contributed by atoms with van der Waals surface area (Å²) in [6.07, 6.45) is 0. The Morgan fingerprint density at radius 1 is 1.16 bits per heavy atom. The van der Waals surface area contributed by atoms with E-state index in [0.29, 0.717) is 5.75 Å². The first-order valence-corrected chi connectivity index (χ1v) is 9.76. The molecule has 1 N–H and O–H groups in total. The van der Waals surface area contributed by atoms with E-state index >= 15 is 0 Å². The molecular formula is C18H27N3O3S. The SMILES string of the molecule is COc1cc(C)c(C)cc1S(=O)(=O)NCc1c(C)nn(C(C)C)c1C. The van der Waals surface area contributed by atoms with E-state index in [2.05, 4.69) is 9.82 Å². The van der Waals surface area contributed by atoms with Crippen LogP contribution >= 0.6 is 0 Å². The number of sulfonamides is 1. The molecule has 0 saturated carbocycles. The van der Waals surface area contributed by atoms with Crippen molar-refractivity contribution in [2.45, 2.75) is 59.0 Å². The summed E-state index contributed by atoms with van der Waals surface area (Å²) < 4.78 is 35.5. The van der Waals surface area contributed by atoms with Crippen LogP contribution in [0, 0.1) is 27.7 Å². The zero-order valence-corrected chi connectivity index (χ0v) is 16.8. The molecule has 7 heteroatoms. The average Bonchev–Trinajstić information content (AvgIpc) is 2.82. The van der Waals surface area contributed by atoms with Gasteiger partial charge in [0.05, 0.1) is 12.8 Å². The molecule has 0 aliphatic carbocycles. The number of benzene rings is 1. The summed E-state index contributed by atoms with van der Waals surface area (Å²) in [5.74, 6) is 0.349. The molecule has 0 aliphatic rings. The number of rotatable bonds is 6. The molecule has 6 nitrogen and oxygen atoms in total. The summed E-state index contributed by atoms with van der Waals surface area (Å²) >= 11 is 0. The van der Waals surface area contributed by atoms with Crippen LogP contribution in [0.5, 0.6) is 5.75 Å². The van der Waals surface area contributed by atoms with E-state index in [-0.39, 0.29) is 17.5 Å². The standard InChI is InChI=1S/C18H27N3O3S/c1-11(2)21-15(6)16(14(5)20-21)10-19-25(22,23)18-9-13(4)12(3)8-17(18)24-7/h8-9,11,19H,10H2,1-7H3. The maximum Gasteiger partial charge on any atom is 0.244 e. The van der Waals surface area contributed by atoms with Gasteiger partial charge in [0.15, 0.2) is 0 Å². The third-order valence-electron chi connectivity index (χ3n) is 4.47. The van der Waals surface area contributed by atoms with E-state index < -0.39 is 10.0 Å². The minimum Gasteiger partial charge on any atom is -0.495 e. The number of methoxy groups -OCH3 is 1. The number of hydrogen-bond donors (Lipinski definition) is 1. The van der Waals surface area contributed by atoms with Crippen LogP contribution in [-0.4, -0.2) is 25.3 Å². The Morgan fingerprint density at radius 2 is 1.76 bits per heavy atom. The molecule has 0 saturated heterocycles. The highest BCUT2D eigenvalue weighted by Crippen LogP contribution is 2.27. The van der Waals surface area contributed by atoms with Gasteiger partial charge in [0.2, 0.25) is 10.0 Å². The molecule has 0 unspecified atom stereocenters. The summed E-state index contributed by atoms with van der Waals surface area (Å²) in [7, 11) is -2.22. The molecular weight excluding hydrogens is 338 g/mol. The Labute approximate surface area is 150 Å².